The van der Waals surface area contributed by atoms with Crippen molar-refractivity contribution < 1.29 is 28.2 Å². The van der Waals surface area contributed by atoms with Crippen LogP contribution in [0.25, 0.3) is 0 Å². The maximum absolute atomic E-state index is 12.8. The summed E-state index contributed by atoms with van der Waals surface area (Å²) in [5.41, 5.74) is -1.01. The van der Waals surface area contributed by atoms with Crippen LogP contribution >= 0.6 is 11.6 Å². The van der Waals surface area contributed by atoms with Crippen LogP contribution in [0, 0.1) is 5.92 Å². The van der Waals surface area contributed by atoms with E-state index in [1.165, 1.54) is 24.3 Å². The molecule has 0 radical (unpaired) electrons. The van der Waals surface area contributed by atoms with E-state index in [1.807, 2.05) is 0 Å². The predicted octanol–water partition coefficient (Wildman–Crippen LogP) is 2.75. The Morgan fingerprint density at radius 2 is 1.90 bits per heavy atom. The number of benzene rings is 1. The summed E-state index contributed by atoms with van der Waals surface area (Å²) in [4.78, 5) is 10.7. The van der Waals surface area contributed by atoms with Gasteiger partial charge in [0.05, 0.1) is 17.8 Å². The third kappa shape index (κ3) is 4.08. The molecule has 2 unspecified atom stereocenters. The van der Waals surface area contributed by atoms with Gasteiger partial charge in [-0.2, -0.15) is 18.3 Å². The third-order valence-corrected chi connectivity index (χ3v) is 3.04. The molecule has 0 heterocycles. The van der Waals surface area contributed by atoms with Crippen LogP contribution in [-0.2, 0) is 4.79 Å². The number of rotatable bonds is 5. The highest BCUT2D eigenvalue weighted by molar-refractivity contribution is 6.30. The standard InChI is InChI=1S/C12H12ClF3N2O3/c1-7(10(19)20)11(21,12(14,15)16)6-17-18-9-4-2-8(13)3-5-9/h2-7,18,21H,1H3,(H,19,20)/b17-6+. The molecule has 0 saturated heterocycles. The number of halogens is 4. The van der Waals surface area contributed by atoms with Crippen molar-refractivity contribution in [3.8, 4) is 0 Å². The summed E-state index contributed by atoms with van der Waals surface area (Å²) < 4.78 is 38.5. The zero-order chi connectivity index (χ0) is 16.3. The molecule has 5 nitrogen and oxygen atoms in total. The summed E-state index contributed by atoms with van der Waals surface area (Å²) in [5.74, 6) is -3.92. The molecule has 0 fully saturated rings. The van der Waals surface area contributed by atoms with Gasteiger partial charge in [-0.25, -0.2) is 0 Å². The molecule has 0 aromatic heterocycles. The number of nitrogens with zero attached hydrogens (tertiary/aromatic N) is 1. The van der Waals surface area contributed by atoms with E-state index in [9.17, 15) is 23.1 Å². The lowest BCUT2D eigenvalue weighted by Gasteiger charge is -2.29. The molecule has 116 valence electrons. The number of carbonyl (C=O) groups is 1. The monoisotopic (exact) mass is 324 g/mol. The first-order chi connectivity index (χ1) is 9.58. The lowest BCUT2D eigenvalue weighted by molar-refractivity contribution is -0.245. The number of hydrazone groups is 1. The minimum absolute atomic E-state index is 0.125. The van der Waals surface area contributed by atoms with Gasteiger partial charge in [-0.3, -0.25) is 10.2 Å². The van der Waals surface area contributed by atoms with Crippen molar-refractivity contribution in [1.29, 1.82) is 0 Å². The van der Waals surface area contributed by atoms with E-state index < -0.39 is 23.7 Å². The first-order valence-electron chi connectivity index (χ1n) is 5.65. The Kier molecular flexibility index (Phi) is 5.19. The SMILES string of the molecule is CC(C(=O)O)C(O)(/C=N/Nc1ccc(Cl)cc1)C(F)(F)F. The Morgan fingerprint density at radius 3 is 2.33 bits per heavy atom. The van der Waals surface area contributed by atoms with Crippen LogP contribution in [0.4, 0.5) is 18.9 Å². The second kappa shape index (κ2) is 6.31. The summed E-state index contributed by atoms with van der Waals surface area (Å²) >= 11 is 5.63. The summed E-state index contributed by atoms with van der Waals surface area (Å²) in [5, 5.41) is 22.0. The molecule has 1 aromatic carbocycles. The topological polar surface area (TPSA) is 81.9 Å². The molecule has 0 amide bonds. The Hall–Kier alpha value is -1.80. The molecule has 0 aliphatic carbocycles. The lowest BCUT2D eigenvalue weighted by atomic mass is 9.89. The molecule has 9 heteroatoms. The summed E-state index contributed by atoms with van der Waals surface area (Å²) in [7, 11) is 0. The Morgan fingerprint density at radius 1 is 1.38 bits per heavy atom. The number of nitrogens with one attached hydrogen (secondary N) is 1. The average Bonchev–Trinajstić information content (AvgIpc) is 2.38. The van der Waals surface area contributed by atoms with Crippen molar-refractivity contribution >= 4 is 29.5 Å². The van der Waals surface area contributed by atoms with Crippen molar-refractivity contribution in [2.75, 3.05) is 5.43 Å². The van der Waals surface area contributed by atoms with E-state index in [0.717, 1.165) is 6.92 Å². The van der Waals surface area contributed by atoms with Gasteiger partial charge in [-0.15, -0.1) is 0 Å². The number of alkyl halides is 3. The number of aliphatic carboxylic acids is 1. The highest BCUT2D eigenvalue weighted by Crippen LogP contribution is 2.35. The summed E-state index contributed by atoms with van der Waals surface area (Å²) in [6.45, 7) is 0.740. The zero-order valence-corrected chi connectivity index (χ0v) is 11.5. The lowest BCUT2D eigenvalue weighted by Crippen LogP contribution is -2.54. The summed E-state index contributed by atoms with van der Waals surface area (Å²) in [6.07, 6.45) is -5.06. The van der Waals surface area contributed by atoms with Gasteiger partial charge in [0.15, 0.2) is 0 Å². The highest BCUT2D eigenvalue weighted by Gasteiger charge is 2.58. The maximum Gasteiger partial charge on any atom is 0.423 e. The Balaban J connectivity index is 2.94. The molecule has 0 aliphatic rings. The van der Waals surface area contributed by atoms with Crippen LogP contribution in [0.1, 0.15) is 6.92 Å². The van der Waals surface area contributed by atoms with Gasteiger partial charge in [0.2, 0.25) is 5.60 Å². The Bertz CT molecular complexity index is 534. The second-order valence-electron chi connectivity index (χ2n) is 4.26. The van der Waals surface area contributed by atoms with Crippen LogP contribution in [0.3, 0.4) is 0 Å². The quantitative estimate of drug-likeness (QED) is 0.574. The fourth-order valence-corrected chi connectivity index (χ4v) is 1.47. The molecule has 2 atom stereocenters. The molecule has 0 saturated carbocycles. The molecule has 0 aliphatic heterocycles. The predicted molar refractivity (Wildman–Crippen MR) is 71.4 cm³/mol. The van der Waals surface area contributed by atoms with Crippen molar-refractivity contribution in [1.82, 2.24) is 0 Å². The molecule has 21 heavy (non-hydrogen) atoms. The minimum Gasteiger partial charge on any atom is -0.481 e. The molecule has 1 rings (SSSR count). The van der Waals surface area contributed by atoms with Crippen LogP contribution < -0.4 is 5.43 Å². The molecular weight excluding hydrogens is 313 g/mol. The molecule has 1 aromatic rings. The van der Waals surface area contributed by atoms with E-state index in [2.05, 4.69) is 10.5 Å². The van der Waals surface area contributed by atoms with E-state index in [1.54, 1.807) is 0 Å². The van der Waals surface area contributed by atoms with Crippen molar-refractivity contribution in [3.63, 3.8) is 0 Å². The summed E-state index contributed by atoms with van der Waals surface area (Å²) in [6, 6.07) is 5.87. The van der Waals surface area contributed by atoms with Gasteiger partial charge in [-0.1, -0.05) is 11.6 Å². The zero-order valence-electron chi connectivity index (χ0n) is 10.7. The second-order valence-corrected chi connectivity index (χ2v) is 4.70. The smallest absolute Gasteiger partial charge is 0.423 e. The van der Waals surface area contributed by atoms with Crippen LogP contribution in [0.15, 0.2) is 29.4 Å². The van der Waals surface area contributed by atoms with Gasteiger partial charge in [0.1, 0.15) is 0 Å². The number of carboxylic acids is 1. The maximum atomic E-state index is 12.8. The molecule has 3 N–H and O–H groups in total. The van der Waals surface area contributed by atoms with Gasteiger partial charge in [0, 0.05) is 5.02 Å². The van der Waals surface area contributed by atoms with Crippen molar-refractivity contribution in [2.24, 2.45) is 11.0 Å². The van der Waals surface area contributed by atoms with Crippen LogP contribution in [0.2, 0.25) is 5.02 Å². The molecule has 0 spiro atoms. The van der Waals surface area contributed by atoms with Gasteiger partial charge < -0.3 is 10.2 Å². The number of hydrogen-bond acceptors (Lipinski definition) is 4. The fraction of sp³-hybridized carbons (Fsp3) is 0.333. The van der Waals surface area contributed by atoms with E-state index >= 15 is 0 Å². The number of hydrogen-bond donors (Lipinski definition) is 3. The van der Waals surface area contributed by atoms with Gasteiger partial charge in [-0.05, 0) is 31.2 Å². The number of aliphatic hydroxyl groups is 1. The largest absolute Gasteiger partial charge is 0.481 e. The third-order valence-electron chi connectivity index (χ3n) is 2.78. The minimum atomic E-state index is -5.18. The number of anilines is 1. The first-order valence-corrected chi connectivity index (χ1v) is 6.03. The Labute approximate surface area is 123 Å². The van der Waals surface area contributed by atoms with Crippen LogP contribution in [0.5, 0.6) is 0 Å². The van der Waals surface area contributed by atoms with E-state index in [0.29, 0.717) is 10.7 Å². The van der Waals surface area contributed by atoms with Crippen molar-refractivity contribution in [2.45, 2.75) is 18.7 Å². The van der Waals surface area contributed by atoms with Gasteiger partial charge >= 0.3 is 12.1 Å². The highest BCUT2D eigenvalue weighted by atomic mass is 35.5. The van der Waals surface area contributed by atoms with E-state index in [-0.39, 0.29) is 6.21 Å². The first kappa shape index (κ1) is 17.3. The van der Waals surface area contributed by atoms with Crippen LogP contribution in [-0.4, -0.2) is 34.2 Å². The normalized spacial score (nSPS) is 16.5. The van der Waals surface area contributed by atoms with Crippen molar-refractivity contribution in [3.05, 3.63) is 29.3 Å². The van der Waals surface area contributed by atoms with Gasteiger partial charge in [0.25, 0.3) is 0 Å². The molecule has 0 bridgehead atoms. The van der Waals surface area contributed by atoms with E-state index in [4.69, 9.17) is 16.7 Å². The fourth-order valence-electron chi connectivity index (χ4n) is 1.35. The average molecular weight is 325 g/mol. The molecular formula is C12H12ClF3N2O3. The number of carboxylic acid groups (broad SMARTS) is 1.